The molecule has 146 valence electrons. The standard InChI is InChI=1S/C19H23N7O2/c1-11-6-7-13(11)24-18(27)12-10-22-26-16(20-2)9-15(25-17(12)26)23-14-5-4-8-21-19(14)28-3/h4-5,8-11,13,20H,6-7H2,1-3H3,(H,23,25)(H,24,27). The van der Waals surface area contributed by atoms with E-state index in [1.165, 1.54) is 0 Å². The molecule has 3 heterocycles. The third-order valence-corrected chi connectivity index (χ3v) is 5.14. The number of fused-ring (bicyclic) bond motifs is 1. The molecule has 0 radical (unpaired) electrons. The molecule has 28 heavy (non-hydrogen) atoms. The summed E-state index contributed by atoms with van der Waals surface area (Å²) in [6.45, 7) is 2.14. The lowest BCUT2D eigenvalue weighted by atomic mass is 9.81. The number of nitrogens with one attached hydrogen (secondary N) is 3. The summed E-state index contributed by atoms with van der Waals surface area (Å²) in [7, 11) is 3.35. The van der Waals surface area contributed by atoms with Crippen molar-refractivity contribution in [2.75, 3.05) is 24.8 Å². The van der Waals surface area contributed by atoms with Gasteiger partial charge in [0.05, 0.1) is 13.3 Å². The van der Waals surface area contributed by atoms with Crippen molar-refractivity contribution in [2.24, 2.45) is 5.92 Å². The summed E-state index contributed by atoms with van der Waals surface area (Å²) in [5.74, 6) is 2.06. The van der Waals surface area contributed by atoms with Gasteiger partial charge >= 0.3 is 0 Å². The quantitative estimate of drug-likeness (QED) is 0.602. The number of hydrogen-bond donors (Lipinski definition) is 3. The minimum absolute atomic E-state index is 0.155. The molecule has 1 saturated carbocycles. The van der Waals surface area contributed by atoms with Crippen LogP contribution in [0.25, 0.3) is 5.65 Å². The Labute approximate surface area is 162 Å². The lowest BCUT2D eigenvalue weighted by Crippen LogP contribution is -2.45. The predicted molar refractivity (Wildman–Crippen MR) is 106 cm³/mol. The molecule has 0 aromatic carbocycles. The van der Waals surface area contributed by atoms with E-state index in [1.54, 1.807) is 37.1 Å². The van der Waals surface area contributed by atoms with Crippen molar-refractivity contribution >= 4 is 28.9 Å². The largest absolute Gasteiger partial charge is 0.480 e. The highest BCUT2D eigenvalue weighted by molar-refractivity contribution is 6.00. The highest BCUT2D eigenvalue weighted by Crippen LogP contribution is 2.28. The molecule has 1 fully saturated rings. The van der Waals surface area contributed by atoms with Crippen molar-refractivity contribution in [3.05, 3.63) is 36.2 Å². The summed E-state index contributed by atoms with van der Waals surface area (Å²) in [6.07, 6.45) is 5.36. The number of carbonyl (C=O) groups excluding carboxylic acids is 1. The lowest BCUT2D eigenvalue weighted by molar-refractivity contribution is 0.0886. The molecule has 9 heteroatoms. The van der Waals surface area contributed by atoms with Crippen LogP contribution in [0.1, 0.15) is 30.1 Å². The maximum absolute atomic E-state index is 12.8. The molecule has 2 unspecified atom stereocenters. The topological polar surface area (TPSA) is 105 Å². The highest BCUT2D eigenvalue weighted by atomic mass is 16.5. The van der Waals surface area contributed by atoms with Gasteiger partial charge in [0, 0.05) is 25.4 Å². The van der Waals surface area contributed by atoms with E-state index in [0.717, 1.165) is 12.8 Å². The van der Waals surface area contributed by atoms with Crippen LogP contribution in [0.5, 0.6) is 5.88 Å². The molecule has 0 saturated heterocycles. The average Bonchev–Trinajstić information content (AvgIpc) is 3.14. The van der Waals surface area contributed by atoms with E-state index in [9.17, 15) is 4.79 Å². The maximum atomic E-state index is 12.8. The van der Waals surface area contributed by atoms with E-state index in [0.29, 0.717) is 40.3 Å². The van der Waals surface area contributed by atoms with Crippen LogP contribution in [-0.4, -0.2) is 45.7 Å². The SMILES string of the molecule is CNc1cc(Nc2cccnc2OC)nc2c(C(=O)NC3CCC3C)cnn12. The van der Waals surface area contributed by atoms with Crippen LogP contribution in [0.4, 0.5) is 17.3 Å². The predicted octanol–water partition coefficient (Wildman–Crippen LogP) is 2.45. The first kappa shape index (κ1) is 18.0. The molecule has 2 atom stereocenters. The number of pyridine rings is 1. The zero-order valence-electron chi connectivity index (χ0n) is 16.1. The number of hydrogen-bond acceptors (Lipinski definition) is 7. The number of ether oxygens (including phenoxy) is 1. The van der Waals surface area contributed by atoms with Crippen LogP contribution >= 0.6 is 0 Å². The van der Waals surface area contributed by atoms with E-state index in [1.807, 2.05) is 12.1 Å². The van der Waals surface area contributed by atoms with E-state index in [-0.39, 0.29) is 11.9 Å². The van der Waals surface area contributed by atoms with E-state index >= 15 is 0 Å². The van der Waals surface area contributed by atoms with Gasteiger partial charge in [0.1, 0.15) is 22.9 Å². The Morgan fingerprint density at radius 2 is 2.21 bits per heavy atom. The van der Waals surface area contributed by atoms with Gasteiger partial charge in [0.2, 0.25) is 5.88 Å². The summed E-state index contributed by atoms with van der Waals surface area (Å²) >= 11 is 0. The summed E-state index contributed by atoms with van der Waals surface area (Å²) in [6, 6.07) is 5.67. The van der Waals surface area contributed by atoms with Gasteiger partial charge in [0.15, 0.2) is 5.65 Å². The second kappa shape index (κ2) is 7.34. The van der Waals surface area contributed by atoms with Gasteiger partial charge in [-0.1, -0.05) is 6.92 Å². The Morgan fingerprint density at radius 1 is 1.36 bits per heavy atom. The summed E-state index contributed by atoms with van der Waals surface area (Å²) in [5.41, 5.74) is 1.59. The van der Waals surface area contributed by atoms with Gasteiger partial charge in [0.25, 0.3) is 5.91 Å². The summed E-state index contributed by atoms with van der Waals surface area (Å²) in [4.78, 5) is 21.6. The van der Waals surface area contributed by atoms with Crippen LogP contribution in [0.15, 0.2) is 30.6 Å². The molecule has 1 aliphatic rings. The van der Waals surface area contributed by atoms with Crippen molar-refractivity contribution in [1.82, 2.24) is 24.9 Å². The molecule has 0 spiro atoms. The van der Waals surface area contributed by atoms with Gasteiger partial charge < -0.3 is 20.7 Å². The normalized spacial score (nSPS) is 18.4. The van der Waals surface area contributed by atoms with Crippen LogP contribution in [0.2, 0.25) is 0 Å². The molecule has 1 aliphatic carbocycles. The van der Waals surface area contributed by atoms with Crippen LogP contribution in [0, 0.1) is 5.92 Å². The number of anilines is 3. The molecule has 1 amide bonds. The Kier molecular flexibility index (Phi) is 4.72. The molecular weight excluding hydrogens is 358 g/mol. The number of methoxy groups -OCH3 is 1. The fourth-order valence-electron chi connectivity index (χ4n) is 3.28. The van der Waals surface area contributed by atoms with E-state index in [4.69, 9.17) is 4.74 Å². The molecule has 3 aromatic rings. The summed E-state index contributed by atoms with van der Waals surface area (Å²) in [5, 5.41) is 13.7. The third kappa shape index (κ3) is 3.19. The first-order valence-corrected chi connectivity index (χ1v) is 9.24. The van der Waals surface area contributed by atoms with Gasteiger partial charge in [-0.05, 0) is 30.9 Å². The monoisotopic (exact) mass is 381 g/mol. The van der Waals surface area contributed by atoms with Crippen molar-refractivity contribution in [1.29, 1.82) is 0 Å². The van der Waals surface area contributed by atoms with Gasteiger partial charge in [-0.3, -0.25) is 4.79 Å². The minimum Gasteiger partial charge on any atom is -0.480 e. The molecule has 3 N–H and O–H groups in total. The molecule has 0 bridgehead atoms. The average molecular weight is 381 g/mol. The smallest absolute Gasteiger partial charge is 0.256 e. The Bertz CT molecular complexity index is 1020. The van der Waals surface area contributed by atoms with E-state index in [2.05, 4.69) is 37.9 Å². The zero-order chi connectivity index (χ0) is 19.7. The van der Waals surface area contributed by atoms with Crippen molar-refractivity contribution in [3.8, 4) is 5.88 Å². The van der Waals surface area contributed by atoms with Gasteiger partial charge in [-0.15, -0.1) is 0 Å². The first-order valence-electron chi connectivity index (χ1n) is 9.24. The van der Waals surface area contributed by atoms with Crippen molar-refractivity contribution in [2.45, 2.75) is 25.8 Å². The van der Waals surface area contributed by atoms with Crippen LogP contribution < -0.4 is 20.7 Å². The van der Waals surface area contributed by atoms with Crippen LogP contribution in [0.3, 0.4) is 0 Å². The number of aromatic nitrogens is 4. The highest BCUT2D eigenvalue weighted by Gasteiger charge is 2.29. The fourth-order valence-corrected chi connectivity index (χ4v) is 3.28. The van der Waals surface area contributed by atoms with Gasteiger partial charge in [-0.25, -0.2) is 9.97 Å². The Hall–Kier alpha value is -3.36. The second-order valence-electron chi connectivity index (χ2n) is 6.89. The number of carbonyl (C=O) groups is 1. The number of amides is 1. The van der Waals surface area contributed by atoms with Crippen molar-refractivity contribution < 1.29 is 9.53 Å². The van der Waals surface area contributed by atoms with E-state index < -0.39 is 0 Å². The summed E-state index contributed by atoms with van der Waals surface area (Å²) < 4.78 is 6.90. The second-order valence-corrected chi connectivity index (χ2v) is 6.89. The minimum atomic E-state index is -0.155. The Balaban J connectivity index is 1.69. The van der Waals surface area contributed by atoms with Crippen molar-refractivity contribution in [3.63, 3.8) is 0 Å². The maximum Gasteiger partial charge on any atom is 0.256 e. The Morgan fingerprint density at radius 3 is 2.89 bits per heavy atom. The molecule has 0 aliphatic heterocycles. The molecule has 3 aromatic heterocycles. The lowest BCUT2D eigenvalue weighted by Gasteiger charge is -2.34. The zero-order valence-corrected chi connectivity index (χ0v) is 16.1. The molecular formula is C19H23N7O2. The third-order valence-electron chi connectivity index (χ3n) is 5.14. The van der Waals surface area contributed by atoms with Gasteiger partial charge in [-0.2, -0.15) is 9.61 Å². The first-order chi connectivity index (χ1) is 13.6. The number of nitrogens with zero attached hydrogens (tertiary/aromatic N) is 4. The molecule has 9 nitrogen and oxygen atoms in total. The van der Waals surface area contributed by atoms with Crippen LogP contribution in [-0.2, 0) is 0 Å². The fraction of sp³-hybridized carbons (Fsp3) is 0.368. The number of rotatable bonds is 6. The molecule has 4 rings (SSSR count).